The number of carbonyl (C=O) groups is 1. The molecule has 0 aliphatic heterocycles. The van der Waals surface area contributed by atoms with Gasteiger partial charge in [-0.2, -0.15) is 5.26 Å². The fraction of sp³-hybridized carbons (Fsp3) is 0.125. The lowest BCUT2D eigenvalue weighted by Crippen LogP contribution is -2.12. The first-order chi connectivity index (χ1) is 10.1. The second-order valence-corrected chi connectivity index (χ2v) is 4.45. The fourth-order valence-corrected chi connectivity index (χ4v) is 1.85. The van der Waals surface area contributed by atoms with Gasteiger partial charge in [-0.25, -0.2) is 4.39 Å². The molecule has 1 N–H and O–H groups in total. The van der Waals surface area contributed by atoms with Crippen molar-refractivity contribution in [3.8, 4) is 11.8 Å². The first kappa shape index (κ1) is 14.5. The van der Waals surface area contributed by atoms with E-state index in [4.69, 9.17) is 10.00 Å². The van der Waals surface area contributed by atoms with E-state index in [1.54, 1.807) is 37.3 Å². The lowest BCUT2D eigenvalue weighted by atomic mass is 10.1. The van der Waals surface area contributed by atoms with Crippen LogP contribution in [-0.2, 0) is 0 Å². The van der Waals surface area contributed by atoms with Crippen molar-refractivity contribution in [2.24, 2.45) is 0 Å². The Kier molecular flexibility index (Phi) is 4.52. The molecule has 0 atom stereocenters. The summed E-state index contributed by atoms with van der Waals surface area (Å²) >= 11 is 0. The molecule has 0 aromatic heterocycles. The van der Waals surface area contributed by atoms with Gasteiger partial charge in [0.1, 0.15) is 17.6 Å². The average Bonchev–Trinajstić information content (AvgIpc) is 2.44. The number of benzene rings is 2. The Morgan fingerprint density at radius 2 is 2.14 bits per heavy atom. The number of hydrogen-bond acceptors (Lipinski definition) is 3. The zero-order valence-electron chi connectivity index (χ0n) is 11.4. The van der Waals surface area contributed by atoms with Crippen LogP contribution in [0.1, 0.15) is 15.9 Å². The van der Waals surface area contributed by atoms with E-state index in [1.165, 1.54) is 12.1 Å². The maximum Gasteiger partial charge on any atom is 0.255 e. The topological polar surface area (TPSA) is 62.1 Å². The smallest absolute Gasteiger partial charge is 0.255 e. The number of amides is 1. The van der Waals surface area contributed by atoms with Crippen molar-refractivity contribution in [2.75, 3.05) is 11.9 Å². The summed E-state index contributed by atoms with van der Waals surface area (Å²) in [6.07, 6.45) is 0. The quantitative estimate of drug-likeness (QED) is 0.937. The first-order valence-corrected chi connectivity index (χ1v) is 6.27. The Labute approximate surface area is 121 Å². The Hall–Kier alpha value is -2.87. The Morgan fingerprint density at radius 3 is 2.86 bits per heavy atom. The molecule has 21 heavy (non-hydrogen) atoms. The monoisotopic (exact) mass is 284 g/mol. The summed E-state index contributed by atoms with van der Waals surface area (Å²) in [6, 6.07) is 12.7. The highest BCUT2D eigenvalue weighted by molar-refractivity contribution is 6.04. The van der Waals surface area contributed by atoms with E-state index in [1.807, 2.05) is 6.07 Å². The third kappa shape index (κ3) is 4.05. The van der Waals surface area contributed by atoms with Crippen molar-refractivity contribution in [1.29, 1.82) is 5.26 Å². The number of nitrogens with one attached hydrogen (secondary N) is 1. The van der Waals surface area contributed by atoms with Crippen LogP contribution in [0.15, 0.2) is 42.5 Å². The van der Waals surface area contributed by atoms with Crippen LogP contribution in [0.5, 0.6) is 5.75 Å². The molecule has 2 rings (SSSR count). The summed E-state index contributed by atoms with van der Waals surface area (Å²) in [4.78, 5) is 12.1. The van der Waals surface area contributed by atoms with Crippen LogP contribution < -0.4 is 10.1 Å². The largest absolute Gasteiger partial charge is 0.479 e. The second-order valence-electron chi connectivity index (χ2n) is 4.45. The van der Waals surface area contributed by atoms with Crippen molar-refractivity contribution in [3.05, 3.63) is 59.4 Å². The minimum absolute atomic E-state index is 0.0690. The van der Waals surface area contributed by atoms with Gasteiger partial charge in [-0.3, -0.25) is 4.79 Å². The Morgan fingerprint density at radius 1 is 1.33 bits per heavy atom. The van der Waals surface area contributed by atoms with Gasteiger partial charge >= 0.3 is 0 Å². The van der Waals surface area contributed by atoms with Crippen LogP contribution >= 0.6 is 0 Å². The third-order valence-electron chi connectivity index (χ3n) is 2.70. The average molecular weight is 284 g/mol. The first-order valence-electron chi connectivity index (χ1n) is 6.27. The zero-order chi connectivity index (χ0) is 15.2. The molecule has 0 bridgehead atoms. The number of halogens is 1. The van der Waals surface area contributed by atoms with E-state index in [0.29, 0.717) is 17.0 Å². The number of nitrogens with zero attached hydrogens (tertiary/aromatic N) is 1. The van der Waals surface area contributed by atoms with Crippen LogP contribution in [0.2, 0.25) is 0 Å². The SMILES string of the molecule is Cc1cc(F)cc(C(=O)Nc2cccc(OCC#N)c2)c1. The van der Waals surface area contributed by atoms with Gasteiger partial charge in [-0.1, -0.05) is 6.07 Å². The molecular weight excluding hydrogens is 271 g/mol. The summed E-state index contributed by atoms with van der Waals surface area (Å²) in [6.45, 7) is 1.65. The predicted molar refractivity (Wildman–Crippen MR) is 76.6 cm³/mol. The molecule has 0 saturated heterocycles. The molecule has 0 aliphatic carbocycles. The van der Waals surface area contributed by atoms with E-state index in [2.05, 4.69) is 5.32 Å². The van der Waals surface area contributed by atoms with Gasteiger partial charge in [0.2, 0.25) is 0 Å². The number of hydrogen-bond donors (Lipinski definition) is 1. The zero-order valence-corrected chi connectivity index (χ0v) is 11.4. The van der Waals surface area contributed by atoms with E-state index in [-0.39, 0.29) is 12.2 Å². The highest BCUT2D eigenvalue weighted by Crippen LogP contribution is 2.18. The van der Waals surface area contributed by atoms with Crippen molar-refractivity contribution in [3.63, 3.8) is 0 Å². The molecular formula is C16H13FN2O2. The molecule has 0 aliphatic rings. The van der Waals surface area contributed by atoms with Gasteiger partial charge in [0, 0.05) is 17.3 Å². The molecule has 1 amide bonds. The minimum Gasteiger partial charge on any atom is -0.479 e. The van der Waals surface area contributed by atoms with E-state index >= 15 is 0 Å². The van der Waals surface area contributed by atoms with E-state index in [0.717, 1.165) is 0 Å². The van der Waals surface area contributed by atoms with Gasteiger partial charge in [0.05, 0.1) is 0 Å². The molecule has 2 aromatic rings. The van der Waals surface area contributed by atoms with Crippen molar-refractivity contribution >= 4 is 11.6 Å². The molecule has 0 radical (unpaired) electrons. The summed E-state index contributed by atoms with van der Waals surface area (Å²) in [5.74, 6) is -0.383. The lowest BCUT2D eigenvalue weighted by molar-refractivity contribution is 0.102. The molecule has 0 spiro atoms. The van der Waals surface area contributed by atoms with Crippen LogP contribution in [0, 0.1) is 24.1 Å². The summed E-state index contributed by atoms with van der Waals surface area (Å²) in [5.41, 5.74) is 1.43. The van der Waals surface area contributed by atoms with Crippen molar-refractivity contribution in [2.45, 2.75) is 6.92 Å². The van der Waals surface area contributed by atoms with Gasteiger partial charge in [-0.05, 0) is 42.8 Å². The summed E-state index contributed by atoms with van der Waals surface area (Å²) < 4.78 is 18.4. The van der Waals surface area contributed by atoms with Crippen LogP contribution in [0.25, 0.3) is 0 Å². The minimum atomic E-state index is -0.453. The predicted octanol–water partition coefficient (Wildman–Crippen LogP) is 3.29. The number of ether oxygens (including phenoxy) is 1. The van der Waals surface area contributed by atoms with E-state index < -0.39 is 11.7 Å². The molecule has 0 fully saturated rings. The van der Waals surface area contributed by atoms with Crippen molar-refractivity contribution < 1.29 is 13.9 Å². The number of rotatable bonds is 4. The number of nitriles is 1. The molecule has 4 nitrogen and oxygen atoms in total. The number of anilines is 1. The Bertz CT molecular complexity index is 687. The van der Waals surface area contributed by atoms with E-state index in [9.17, 15) is 9.18 Å². The molecule has 0 unspecified atom stereocenters. The highest BCUT2D eigenvalue weighted by atomic mass is 19.1. The lowest BCUT2D eigenvalue weighted by Gasteiger charge is -2.08. The van der Waals surface area contributed by atoms with Crippen LogP contribution in [0.3, 0.4) is 0 Å². The molecule has 106 valence electrons. The van der Waals surface area contributed by atoms with Gasteiger partial charge < -0.3 is 10.1 Å². The van der Waals surface area contributed by atoms with Gasteiger partial charge in [0.25, 0.3) is 5.91 Å². The fourth-order valence-electron chi connectivity index (χ4n) is 1.85. The highest BCUT2D eigenvalue weighted by Gasteiger charge is 2.08. The molecule has 2 aromatic carbocycles. The summed E-state index contributed by atoms with van der Waals surface area (Å²) in [7, 11) is 0. The number of aryl methyl sites for hydroxylation is 1. The van der Waals surface area contributed by atoms with Crippen LogP contribution in [-0.4, -0.2) is 12.5 Å². The number of carbonyl (C=O) groups excluding carboxylic acids is 1. The molecule has 0 heterocycles. The normalized spacial score (nSPS) is 9.76. The van der Waals surface area contributed by atoms with Gasteiger partial charge in [0.15, 0.2) is 6.61 Å². The maximum atomic E-state index is 13.3. The summed E-state index contributed by atoms with van der Waals surface area (Å²) in [5, 5.41) is 11.1. The van der Waals surface area contributed by atoms with Gasteiger partial charge in [-0.15, -0.1) is 0 Å². The second kappa shape index (κ2) is 6.53. The molecule has 5 heteroatoms. The Balaban J connectivity index is 2.14. The van der Waals surface area contributed by atoms with Crippen molar-refractivity contribution in [1.82, 2.24) is 0 Å². The molecule has 0 saturated carbocycles. The third-order valence-corrected chi connectivity index (χ3v) is 2.70. The maximum absolute atomic E-state index is 13.3. The standard InChI is InChI=1S/C16H13FN2O2/c1-11-7-12(9-13(17)8-11)16(20)19-14-3-2-4-15(10-14)21-6-5-18/h2-4,7-10H,6H2,1H3,(H,19,20). The van der Waals surface area contributed by atoms with Crippen LogP contribution in [0.4, 0.5) is 10.1 Å².